The van der Waals surface area contributed by atoms with Gasteiger partial charge < -0.3 is 5.32 Å². The van der Waals surface area contributed by atoms with Crippen molar-refractivity contribution in [3.63, 3.8) is 0 Å². The summed E-state index contributed by atoms with van der Waals surface area (Å²) in [6.45, 7) is 4.12. The molecule has 0 radical (unpaired) electrons. The Morgan fingerprint density at radius 3 is 2.37 bits per heavy atom. The Kier molecular flexibility index (Phi) is 4.50. The first kappa shape index (κ1) is 14.0. The summed E-state index contributed by atoms with van der Waals surface area (Å²) >= 11 is 6.76. The van der Waals surface area contributed by atoms with Crippen molar-refractivity contribution in [1.29, 1.82) is 0 Å². The summed E-state index contributed by atoms with van der Waals surface area (Å²) in [7, 11) is 0. The van der Waals surface area contributed by atoms with Gasteiger partial charge in [-0.05, 0) is 35.6 Å². The van der Waals surface area contributed by atoms with Gasteiger partial charge in [0.2, 0.25) is 9.47 Å². The molecule has 0 bridgehead atoms. The van der Waals surface area contributed by atoms with Crippen LogP contribution in [0.3, 0.4) is 0 Å². The minimum atomic E-state index is -0.264. The van der Waals surface area contributed by atoms with Crippen LogP contribution in [0.4, 0.5) is 5.69 Å². The minimum absolute atomic E-state index is 0.264. The Morgan fingerprint density at radius 2 is 1.89 bits per heavy atom. The Morgan fingerprint density at radius 1 is 1.26 bits per heavy atom. The molecule has 0 fully saturated rings. The van der Waals surface area contributed by atoms with Crippen molar-refractivity contribution in [2.45, 2.75) is 26.7 Å². The first-order chi connectivity index (χ1) is 9.15. The summed E-state index contributed by atoms with van der Waals surface area (Å²) in [4.78, 5) is 12.1. The molecule has 0 aliphatic heterocycles. The van der Waals surface area contributed by atoms with E-state index in [4.69, 9.17) is 11.6 Å². The van der Waals surface area contributed by atoms with E-state index in [1.54, 1.807) is 0 Å². The molecule has 0 saturated heterocycles. The van der Waals surface area contributed by atoms with Crippen LogP contribution in [0.2, 0.25) is 4.47 Å². The van der Waals surface area contributed by atoms with Crippen LogP contribution in [-0.4, -0.2) is 16.1 Å². The van der Waals surface area contributed by atoms with E-state index < -0.39 is 0 Å². The van der Waals surface area contributed by atoms with E-state index in [9.17, 15) is 4.79 Å². The second-order valence-electron chi connectivity index (χ2n) is 3.97. The summed E-state index contributed by atoms with van der Waals surface area (Å²) in [5.74, 6) is -0.264. The molecule has 19 heavy (non-hydrogen) atoms. The quantitative estimate of drug-likeness (QED) is 0.938. The van der Waals surface area contributed by atoms with E-state index in [1.165, 1.54) is 0 Å². The van der Waals surface area contributed by atoms with Crippen LogP contribution in [-0.2, 0) is 12.8 Å². The number of aromatic nitrogens is 2. The summed E-state index contributed by atoms with van der Waals surface area (Å²) in [6, 6.07) is 6.04. The largest absolute Gasteiger partial charge is 0.319 e. The molecule has 0 unspecified atom stereocenters. The van der Waals surface area contributed by atoms with Crippen LogP contribution >= 0.6 is 22.9 Å². The smallest absolute Gasteiger partial charge is 0.286 e. The number of carbonyl (C=O) groups excluding carboxylic acids is 1. The van der Waals surface area contributed by atoms with Gasteiger partial charge in [-0.2, -0.15) is 0 Å². The van der Waals surface area contributed by atoms with Crippen molar-refractivity contribution in [1.82, 2.24) is 10.2 Å². The third-order valence-electron chi connectivity index (χ3n) is 2.83. The molecule has 100 valence electrons. The number of hydrogen-bond donors (Lipinski definition) is 1. The number of nitrogens with zero attached hydrogens (tertiary/aromatic N) is 2. The average Bonchev–Trinajstić information content (AvgIpc) is 2.85. The van der Waals surface area contributed by atoms with E-state index in [0.29, 0.717) is 0 Å². The fourth-order valence-corrected chi connectivity index (χ4v) is 2.59. The highest BCUT2D eigenvalue weighted by molar-refractivity contribution is 7.17. The van der Waals surface area contributed by atoms with Gasteiger partial charge in [0.05, 0.1) is 0 Å². The normalized spacial score (nSPS) is 10.5. The Bertz CT molecular complexity index is 575. The molecule has 1 amide bonds. The monoisotopic (exact) mass is 295 g/mol. The van der Waals surface area contributed by atoms with E-state index in [1.807, 2.05) is 18.2 Å². The highest BCUT2D eigenvalue weighted by Gasteiger charge is 2.15. The molecule has 2 aromatic rings. The van der Waals surface area contributed by atoms with Crippen LogP contribution in [0.5, 0.6) is 0 Å². The summed E-state index contributed by atoms with van der Waals surface area (Å²) in [6.07, 6.45) is 1.72. The molecule has 1 aromatic carbocycles. The molecule has 4 nitrogen and oxygen atoms in total. The second kappa shape index (κ2) is 6.12. The van der Waals surface area contributed by atoms with Crippen LogP contribution in [0.1, 0.15) is 34.8 Å². The van der Waals surface area contributed by atoms with Gasteiger partial charge in [-0.1, -0.05) is 43.4 Å². The van der Waals surface area contributed by atoms with E-state index in [-0.39, 0.29) is 15.4 Å². The molecule has 1 aromatic heterocycles. The molecule has 1 heterocycles. The Hall–Kier alpha value is -1.46. The number of benzene rings is 1. The maximum absolute atomic E-state index is 12.1. The van der Waals surface area contributed by atoms with Crippen molar-refractivity contribution in [3.8, 4) is 0 Å². The van der Waals surface area contributed by atoms with Crippen LogP contribution in [0.25, 0.3) is 0 Å². The lowest BCUT2D eigenvalue weighted by atomic mass is 10.0. The lowest BCUT2D eigenvalue weighted by molar-refractivity contribution is 0.102. The second-order valence-corrected chi connectivity index (χ2v) is 5.53. The highest BCUT2D eigenvalue weighted by Crippen LogP contribution is 2.24. The number of hydrogen-bond acceptors (Lipinski definition) is 4. The standard InChI is InChI=1S/C13H14ClN3OS/c1-3-8-6-5-7-9(4-2)10(8)15-11(18)12-16-17-13(14)19-12/h5-7H,3-4H2,1-2H3,(H,15,18). The zero-order valence-electron chi connectivity index (χ0n) is 10.7. The first-order valence-electron chi connectivity index (χ1n) is 6.06. The number of amides is 1. The number of para-hydroxylation sites is 1. The minimum Gasteiger partial charge on any atom is -0.319 e. The first-order valence-corrected chi connectivity index (χ1v) is 7.26. The molecule has 0 saturated carbocycles. The molecular weight excluding hydrogens is 282 g/mol. The lowest BCUT2D eigenvalue weighted by Gasteiger charge is -2.13. The molecule has 0 aliphatic rings. The van der Waals surface area contributed by atoms with Gasteiger partial charge >= 0.3 is 0 Å². The SMILES string of the molecule is CCc1cccc(CC)c1NC(=O)c1nnc(Cl)s1. The van der Waals surface area contributed by atoms with Gasteiger partial charge in [0.1, 0.15) is 0 Å². The molecule has 0 atom stereocenters. The lowest BCUT2D eigenvalue weighted by Crippen LogP contribution is -2.14. The van der Waals surface area contributed by atoms with Gasteiger partial charge in [0, 0.05) is 5.69 Å². The maximum Gasteiger partial charge on any atom is 0.286 e. The van der Waals surface area contributed by atoms with E-state index in [0.717, 1.165) is 41.0 Å². The Labute approximate surface area is 120 Å². The molecule has 6 heteroatoms. The van der Waals surface area contributed by atoms with Gasteiger partial charge in [-0.25, -0.2) is 0 Å². The predicted octanol–water partition coefficient (Wildman–Crippen LogP) is 3.57. The third-order valence-corrected chi connectivity index (χ3v) is 3.85. The highest BCUT2D eigenvalue weighted by atomic mass is 35.5. The zero-order chi connectivity index (χ0) is 13.8. The maximum atomic E-state index is 12.1. The van der Waals surface area contributed by atoms with E-state index >= 15 is 0 Å². The van der Waals surface area contributed by atoms with Crippen molar-refractivity contribution < 1.29 is 4.79 Å². The molecular formula is C13H14ClN3OS. The number of nitrogens with one attached hydrogen (secondary N) is 1. The van der Waals surface area contributed by atoms with Crippen molar-refractivity contribution in [2.75, 3.05) is 5.32 Å². The number of anilines is 1. The fraction of sp³-hybridized carbons (Fsp3) is 0.308. The number of rotatable bonds is 4. The molecule has 1 N–H and O–H groups in total. The third kappa shape index (κ3) is 3.11. The fourth-order valence-electron chi connectivity index (χ4n) is 1.87. The zero-order valence-corrected chi connectivity index (χ0v) is 12.3. The predicted molar refractivity (Wildman–Crippen MR) is 78.1 cm³/mol. The van der Waals surface area contributed by atoms with Crippen molar-refractivity contribution in [3.05, 3.63) is 38.8 Å². The summed E-state index contributed by atoms with van der Waals surface area (Å²) in [5, 5.41) is 10.6. The topological polar surface area (TPSA) is 54.9 Å². The van der Waals surface area contributed by atoms with Crippen LogP contribution < -0.4 is 5.32 Å². The van der Waals surface area contributed by atoms with Crippen molar-refractivity contribution in [2.24, 2.45) is 0 Å². The van der Waals surface area contributed by atoms with Gasteiger partial charge in [-0.15, -0.1) is 10.2 Å². The van der Waals surface area contributed by atoms with Gasteiger partial charge in [0.15, 0.2) is 0 Å². The van der Waals surface area contributed by atoms with E-state index in [2.05, 4.69) is 29.4 Å². The Balaban J connectivity index is 2.30. The number of carbonyl (C=O) groups is 1. The number of halogens is 1. The average molecular weight is 296 g/mol. The molecule has 0 aliphatic carbocycles. The van der Waals surface area contributed by atoms with Crippen molar-refractivity contribution >= 4 is 34.5 Å². The summed E-state index contributed by atoms with van der Waals surface area (Å²) < 4.78 is 0.268. The van der Waals surface area contributed by atoms with Gasteiger partial charge in [0.25, 0.3) is 5.91 Å². The molecule has 2 rings (SSSR count). The van der Waals surface area contributed by atoms with Gasteiger partial charge in [-0.3, -0.25) is 4.79 Å². The molecule has 0 spiro atoms. The van der Waals surface area contributed by atoms with Crippen LogP contribution in [0.15, 0.2) is 18.2 Å². The summed E-state index contributed by atoms with van der Waals surface area (Å²) in [5.41, 5.74) is 3.11. The van der Waals surface area contributed by atoms with Crippen LogP contribution in [0, 0.1) is 0 Å². The number of aryl methyl sites for hydroxylation is 2.